The third-order valence-corrected chi connectivity index (χ3v) is 3.85. The lowest BCUT2D eigenvalue weighted by Crippen LogP contribution is -2.18. The molecule has 17 heavy (non-hydrogen) atoms. The summed E-state index contributed by atoms with van der Waals surface area (Å²) in [6, 6.07) is 5.98. The summed E-state index contributed by atoms with van der Waals surface area (Å²) in [6.07, 6.45) is 2.46. The number of halogens is 1. The van der Waals surface area contributed by atoms with E-state index in [1.807, 2.05) is 6.07 Å². The molecule has 1 fully saturated rings. The summed E-state index contributed by atoms with van der Waals surface area (Å²) in [5.41, 5.74) is 0.819. The molecule has 1 nitrogen and oxygen atoms in total. The predicted molar refractivity (Wildman–Crippen MR) is 71.9 cm³/mol. The predicted octanol–water partition coefficient (Wildman–Crippen LogP) is 3.97. The molecule has 0 amide bonds. The van der Waals surface area contributed by atoms with Crippen LogP contribution in [0, 0.1) is 5.82 Å². The van der Waals surface area contributed by atoms with Crippen molar-refractivity contribution < 1.29 is 4.39 Å². The zero-order valence-electron chi connectivity index (χ0n) is 10.7. The van der Waals surface area contributed by atoms with Gasteiger partial charge in [-0.25, -0.2) is 4.39 Å². The number of nitrogens with one attached hydrogen (secondary N) is 1. The van der Waals surface area contributed by atoms with Crippen LogP contribution in [-0.2, 0) is 6.54 Å². The van der Waals surface area contributed by atoms with E-state index in [1.54, 1.807) is 23.9 Å². The van der Waals surface area contributed by atoms with Gasteiger partial charge in [0.25, 0.3) is 0 Å². The van der Waals surface area contributed by atoms with Crippen molar-refractivity contribution in [3.05, 3.63) is 29.6 Å². The normalized spacial score (nSPS) is 16.2. The van der Waals surface area contributed by atoms with Gasteiger partial charge in [-0.1, -0.05) is 26.8 Å². The molecule has 0 heterocycles. The van der Waals surface area contributed by atoms with Crippen molar-refractivity contribution in [1.82, 2.24) is 5.32 Å². The molecule has 2 rings (SSSR count). The van der Waals surface area contributed by atoms with Gasteiger partial charge in [-0.3, -0.25) is 0 Å². The largest absolute Gasteiger partial charge is 0.310 e. The van der Waals surface area contributed by atoms with Crippen molar-refractivity contribution >= 4 is 11.8 Å². The molecule has 0 aromatic heterocycles. The van der Waals surface area contributed by atoms with Crippen molar-refractivity contribution in [2.75, 3.05) is 0 Å². The minimum absolute atomic E-state index is 0.0904. The van der Waals surface area contributed by atoms with Crippen molar-refractivity contribution in [2.45, 2.75) is 55.8 Å². The van der Waals surface area contributed by atoms with Gasteiger partial charge in [0.2, 0.25) is 0 Å². The summed E-state index contributed by atoms with van der Waals surface area (Å²) >= 11 is 1.73. The van der Waals surface area contributed by atoms with Crippen LogP contribution in [0.3, 0.4) is 0 Å². The highest BCUT2D eigenvalue weighted by Gasteiger charge is 2.22. The fraction of sp³-hybridized carbons (Fsp3) is 0.571. The zero-order chi connectivity index (χ0) is 12.5. The van der Waals surface area contributed by atoms with Gasteiger partial charge >= 0.3 is 0 Å². The Morgan fingerprint density at radius 1 is 1.35 bits per heavy atom. The Morgan fingerprint density at radius 2 is 2.06 bits per heavy atom. The highest BCUT2D eigenvalue weighted by molar-refractivity contribution is 8.00. The number of hydrogen-bond acceptors (Lipinski definition) is 2. The Bertz CT molecular complexity index is 394. The Kier molecular flexibility index (Phi) is 3.79. The number of rotatable bonds is 4. The molecule has 0 bridgehead atoms. The van der Waals surface area contributed by atoms with Crippen LogP contribution in [0.5, 0.6) is 0 Å². The van der Waals surface area contributed by atoms with Crippen molar-refractivity contribution in [3.63, 3.8) is 0 Å². The maximum absolute atomic E-state index is 13.8. The zero-order valence-corrected chi connectivity index (χ0v) is 11.5. The molecule has 0 saturated heterocycles. The second kappa shape index (κ2) is 4.99. The van der Waals surface area contributed by atoms with Crippen LogP contribution in [-0.4, -0.2) is 10.8 Å². The Labute approximate surface area is 107 Å². The second-order valence-corrected chi connectivity index (χ2v) is 7.45. The van der Waals surface area contributed by atoms with E-state index in [0.29, 0.717) is 12.6 Å². The van der Waals surface area contributed by atoms with Crippen LogP contribution in [0.25, 0.3) is 0 Å². The molecule has 1 saturated carbocycles. The van der Waals surface area contributed by atoms with Crippen LogP contribution < -0.4 is 5.32 Å². The quantitative estimate of drug-likeness (QED) is 0.815. The summed E-state index contributed by atoms with van der Waals surface area (Å²) < 4.78 is 14.0. The molecule has 3 heteroatoms. The van der Waals surface area contributed by atoms with Crippen LogP contribution in [0.2, 0.25) is 0 Å². The topological polar surface area (TPSA) is 12.0 Å². The highest BCUT2D eigenvalue weighted by atomic mass is 32.2. The lowest BCUT2D eigenvalue weighted by Gasteiger charge is -2.20. The SMILES string of the molecule is CC(C)(C)Sc1cccc(F)c1CNC1CC1. The summed E-state index contributed by atoms with van der Waals surface area (Å²) in [4.78, 5) is 1.06. The fourth-order valence-electron chi connectivity index (χ4n) is 1.67. The Hall–Kier alpha value is -0.540. The Balaban J connectivity index is 2.14. The molecule has 1 N–H and O–H groups in total. The van der Waals surface area contributed by atoms with Crippen LogP contribution in [0.4, 0.5) is 4.39 Å². The lowest BCUT2D eigenvalue weighted by atomic mass is 10.2. The van der Waals surface area contributed by atoms with E-state index in [4.69, 9.17) is 0 Å². The van der Waals surface area contributed by atoms with Crippen molar-refractivity contribution in [2.24, 2.45) is 0 Å². The minimum Gasteiger partial charge on any atom is -0.310 e. The first-order valence-corrected chi connectivity index (χ1v) is 6.97. The van der Waals surface area contributed by atoms with Crippen LogP contribution >= 0.6 is 11.8 Å². The molecular formula is C14H20FNS. The molecule has 0 radical (unpaired) electrons. The van der Waals surface area contributed by atoms with Crippen LogP contribution in [0.15, 0.2) is 23.1 Å². The molecular weight excluding hydrogens is 233 g/mol. The number of benzene rings is 1. The average molecular weight is 253 g/mol. The van der Waals surface area contributed by atoms with Crippen LogP contribution in [0.1, 0.15) is 39.2 Å². The lowest BCUT2D eigenvalue weighted by molar-refractivity contribution is 0.578. The van der Waals surface area contributed by atoms with E-state index in [-0.39, 0.29) is 10.6 Å². The van der Waals surface area contributed by atoms with Gasteiger partial charge in [0.15, 0.2) is 0 Å². The summed E-state index contributed by atoms with van der Waals surface area (Å²) in [5.74, 6) is -0.0904. The van der Waals surface area contributed by atoms with E-state index in [9.17, 15) is 4.39 Å². The van der Waals surface area contributed by atoms with E-state index in [2.05, 4.69) is 26.1 Å². The first-order valence-electron chi connectivity index (χ1n) is 6.15. The third-order valence-electron chi connectivity index (χ3n) is 2.64. The summed E-state index contributed by atoms with van der Waals surface area (Å²) in [7, 11) is 0. The van der Waals surface area contributed by atoms with Gasteiger partial charge in [-0.05, 0) is 25.0 Å². The van der Waals surface area contributed by atoms with Gasteiger partial charge in [-0.2, -0.15) is 0 Å². The van der Waals surface area contributed by atoms with Gasteiger partial charge in [0.1, 0.15) is 5.82 Å². The number of hydrogen-bond donors (Lipinski definition) is 1. The van der Waals surface area contributed by atoms with E-state index >= 15 is 0 Å². The first kappa shape index (κ1) is 12.9. The molecule has 1 aromatic carbocycles. The minimum atomic E-state index is -0.0904. The molecule has 0 spiro atoms. The Morgan fingerprint density at radius 3 is 2.65 bits per heavy atom. The van der Waals surface area contributed by atoms with Crippen molar-refractivity contribution in [1.29, 1.82) is 0 Å². The number of thioether (sulfide) groups is 1. The second-order valence-electron chi connectivity index (χ2n) is 5.59. The molecule has 94 valence electrons. The third kappa shape index (κ3) is 4.00. The fourth-order valence-corrected chi connectivity index (χ4v) is 2.77. The first-order chi connectivity index (χ1) is 7.96. The van der Waals surface area contributed by atoms with Gasteiger partial charge in [0, 0.05) is 27.8 Å². The maximum atomic E-state index is 13.8. The van der Waals surface area contributed by atoms with Gasteiger partial charge in [0.05, 0.1) is 0 Å². The molecule has 1 aromatic rings. The standard InChI is InChI=1S/C14H20FNS/c1-14(2,3)17-13-6-4-5-12(15)11(13)9-16-10-7-8-10/h4-6,10,16H,7-9H2,1-3H3. The molecule has 0 unspecified atom stereocenters. The molecule has 1 aliphatic rings. The van der Waals surface area contributed by atoms with Crippen molar-refractivity contribution in [3.8, 4) is 0 Å². The monoisotopic (exact) mass is 253 g/mol. The van der Waals surface area contributed by atoms with E-state index in [0.717, 1.165) is 10.5 Å². The smallest absolute Gasteiger partial charge is 0.128 e. The van der Waals surface area contributed by atoms with Gasteiger partial charge < -0.3 is 5.32 Å². The summed E-state index contributed by atoms with van der Waals surface area (Å²) in [6.45, 7) is 7.11. The average Bonchev–Trinajstić information content (AvgIpc) is 2.98. The molecule has 0 atom stereocenters. The maximum Gasteiger partial charge on any atom is 0.128 e. The van der Waals surface area contributed by atoms with E-state index < -0.39 is 0 Å². The summed E-state index contributed by atoms with van der Waals surface area (Å²) in [5, 5.41) is 3.39. The molecule has 1 aliphatic carbocycles. The van der Waals surface area contributed by atoms with Gasteiger partial charge in [-0.15, -0.1) is 11.8 Å². The van der Waals surface area contributed by atoms with E-state index in [1.165, 1.54) is 12.8 Å². The highest BCUT2D eigenvalue weighted by Crippen LogP contribution is 2.35. The molecule has 0 aliphatic heterocycles.